The summed E-state index contributed by atoms with van der Waals surface area (Å²) >= 11 is 1.92. The molecule has 0 radical (unpaired) electrons. The third-order valence-electron chi connectivity index (χ3n) is 2.20. The van der Waals surface area contributed by atoms with Gasteiger partial charge >= 0.3 is 0 Å². The first-order valence-corrected chi connectivity index (χ1v) is 5.92. The number of hydrogen-bond acceptors (Lipinski definition) is 2. The summed E-state index contributed by atoms with van der Waals surface area (Å²) in [7, 11) is 0. The van der Waals surface area contributed by atoms with Gasteiger partial charge < -0.3 is 5.73 Å². The van der Waals surface area contributed by atoms with Crippen molar-refractivity contribution in [3.63, 3.8) is 0 Å². The topological polar surface area (TPSA) is 26.0 Å². The van der Waals surface area contributed by atoms with Crippen LogP contribution >= 0.6 is 11.8 Å². The normalized spacial score (nSPS) is 11.7. The first-order chi connectivity index (χ1) is 6.53. The van der Waals surface area contributed by atoms with Gasteiger partial charge in [0, 0.05) is 17.0 Å². The minimum Gasteiger partial charge on any atom is -0.329 e. The minimum atomic E-state index is 0.184. The van der Waals surface area contributed by atoms with Crippen molar-refractivity contribution in [3.05, 3.63) is 35.4 Å². The zero-order valence-electron chi connectivity index (χ0n) is 9.21. The number of aryl methyl sites for hydroxylation is 1. The van der Waals surface area contributed by atoms with Gasteiger partial charge in [0.15, 0.2) is 0 Å². The second kappa shape index (κ2) is 4.85. The Kier molecular flexibility index (Phi) is 4.02. The van der Waals surface area contributed by atoms with Gasteiger partial charge in [-0.2, -0.15) is 0 Å². The van der Waals surface area contributed by atoms with Gasteiger partial charge in [0.25, 0.3) is 0 Å². The van der Waals surface area contributed by atoms with Crippen molar-refractivity contribution < 1.29 is 0 Å². The molecule has 0 atom stereocenters. The maximum atomic E-state index is 5.68. The molecule has 78 valence electrons. The summed E-state index contributed by atoms with van der Waals surface area (Å²) in [5, 5.41) is 0. The molecule has 0 heterocycles. The summed E-state index contributed by atoms with van der Waals surface area (Å²) in [5.74, 6) is 1.05. The van der Waals surface area contributed by atoms with Crippen molar-refractivity contribution in [2.45, 2.75) is 31.3 Å². The van der Waals surface area contributed by atoms with E-state index in [0.717, 1.165) is 12.3 Å². The van der Waals surface area contributed by atoms with Crippen LogP contribution in [-0.4, -0.2) is 11.3 Å². The molecular weight excluding hydrogens is 190 g/mol. The van der Waals surface area contributed by atoms with Gasteiger partial charge in [0.2, 0.25) is 0 Å². The van der Waals surface area contributed by atoms with Gasteiger partial charge in [-0.05, 0) is 26.3 Å². The molecule has 0 saturated heterocycles. The summed E-state index contributed by atoms with van der Waals surface area (Å²) in [6.07, 6.45) is 0. The average molecular weight is 209 g/mol. The molecule has 0 aromatic heterocycles. The highest BCUT2D eigenvalue weighted by molar-refractivity contribution is 7.99. The lowest BCUT2D eigenvalue weighted by molar-refractivity contribution is 0.722. The van der Waals surface area contributed by atoms with Crippen LogP contribution in [0.15, 0.2) is 24.3 Å². The van der Waals surface area contributed by atoms with Crippen molar-refractivity contribution >= 4 is 11.8 Å². The van der Waals surface area contributed by atoms with Gasteiger partial charge in [-0.15, -0.1) is 11.8 Å². The highest BCUT2D eigenvalue weighted by atomic mass is 32.2. The third-order valence-corrected chi connectivity index (χ3v) is 3.63. The maximum Gasteiger partial charge on any atom is 0.0229 e. The van der Waals surface area contributed by atoms with Gasteiger partial charge in [0.05, 0.1) is 0 Å². The second-order valence-electron chi connectivity index (χ2n) is 4.24. The van der Waals surface area contributed by atoms with E-state index in [1.54, 1.807) is 0 Å². The summed E-state index contributed by atoms with van der Waals surface area (Å²) in [4.78, 5) is 0. The first-order valence-electron chi connectivity index (χ1n) is 4.93. The SMILES string of the molecule is Cc1cccc(CSC(C)(C)CN)c1. The highest BCUT2D eigenvalue weighted by Gasteiger charge is 2.15. The smallest absolute Gasteiger partial charge is 0.0229 e. The van der Waals surface area contributed by atoms with Crippen LogP contribution in [0.5, 0.6) is 0 Å². The minimum absolute atomic E-state index is 0.184. The fourth-order valence-corrected chi connectivity index (χ4v) is 1.99. The Bertz CT molecular complexity index is 294. The van der Waals surface area contributed by atoms with E-state index < -0.39 is 0 Å². The molecule has 0 spiro atoms. The second-order valence-corrected chi connectivity index (χ2v) is 5.92. The van der Waals surface area contributed by atoms with Crippen LogP contribution in [0.25, 0.3) is 0 Å². The molecule has 1 nitrogen and oxygen atoms in total. The van der Waals surface area contributed by atoms with Crippen LogP contribution in [0.3, 0.4) is 0 Å². The van der Waals surface area contributed by atoms with Crippen molar-refractivity contribution in [1.29, 1.82) is 0 Å². The molecule has 1 aromatic rings. The van der Waals surface area contributed by atoms with Gasteiger partial charge in [-0.1, -0.05) is 29.8 Å². The monoisotopic (exact) mass is 209 g/mol. The summed E-state index contributed by atoms with van der Waals surface area (Å²) in [6, 6.07) is 8.65. The van der Waals surface area contributed by atoms with E-state index in [2.05, 4.69) is 45.0 Å². The standard InChI is InChI=1S/C12H19NS/c1-10-5-4-6-11(7-10)8-14-12(2,3)9-13/h4-7H,8-9,13H2,1-3H3. The number of benzene rings is 1. The van der Waals surface area contributed by atoms with E-state index in [1.165, 1.54) is 11.1 Å². The van der Waals surface area contributed by atoms with Crippen LogP contribution < -0.4 is 5.73 Å². The number of thioether (sulfide) groups is 1. The lowest BCUT2D eigenvalue weighted by atomic mass is 10.2. The Morgan fingerprint density at radius 2 is 2.07 bits per heavy atom. The molecule has 0 saturated carbocycles. The molecule has 0 aliphatic heterocycles. The van der Waals surface area contributed by atoms with Crippen LogP contribution in [0, 0.1) is 6.92 Å². The molecule has 0 fully saturated rings. The van der Waals surface area contributed by atoms with E-state index in [-0.39, 0.29) is 4.75 Å². The first kappa shape index (κ1) is 11.6. The largest absolute Gasteiger partial charge is 0.329 e. The fourth-order valence-electron chi connectivity index (χ4n) is 1.14. The van der Waals surface area contributed by atoms with E-state index in [9.17, 15) is 0 Å². The van der Waals surface area contributed by atoms with E-state index in [4.69, 9.17) is 5.73 Å². The number of hydrogen-bond donors (Lipinski definition) is 1. The predicted molar refractivity (Wildman–Crippen MR) is 65.6 cm³/mol. The molecule has 0 aliphatic carbocycles. The van der Waals surface area contributed by atoms with Gasteiger partial charge in [-0.25, -0.2) is 0 Å². The van der Waals surface area contributed by atoms with E-state index in [1.807, 2.05) is 11.8 Å². The van der Waals surface area contributed by atoms with Crippen molar-refractivity contribution in [2.75, 3.05) is 6.54 Å². The van der Waals surface area contributed by atoms with Crippen molar-refractivity contribution in [1.82, 2.24) is 0 Å². The molecular formula is C12H19NS. The zero-order valence-corrected chi connectivity index (χ0v) is 10.0. The highest BCUT2D eigenvalue weighted by Crippen LogP contribution is 2.26. The lowest BCUT2D eigenvalue weighted by Crippen LogP contribution is -2.26. The Morgan fingerprint density at radius 1 is 1.36 bits per heavy atom. The molecule has 2 N–H and O–H groups in total. The summed E-state index contributed by atoms with van der Waals surface area (Å²) in [6.45, 7) is 7.23. The Balaban J connectivity index is 2.54. The molecule has 2 heteroatoms. The third kappa shape index (κ3) is 3.72. The molecule has 0 amide bonds. The van der Waals surface area contributed by atoms with Crippen LogP contribution in [0.1, 0.15) is 25.0 Å². The number of nitrogens with two attached hydrogens (primary N) is 1. The zero-order chi connectivity index (χ0) is 10.6. The van der Waals surface area contributed by atoms with Crippen molar-refractivity contribution in [2.24, 2.45) is 5.73 Å². The molecule has 1 aromatic carbocycles. The summed E-state index contributed by atoms with van der Waals surface area (Å²) in [5.41, 5.74) is 8.39. The predicted octanol–water partition coefficient (Wildman–Crippen LogP) is 2.97. The fraction of sp³-hybridized carbons (Fsp3) is 0.500. The maximum absolute atomic E-state index is 5.68. The molecule has 14 heavy (non-hydrogen) atoms. The van der Waals surface area contributed by atoms with Crippen molar-refractivity contribution in [3.8, 4) is 0 Å². The molecule has 0 bridgehead atoms. The van der Waals surface area contributed by atoms with Crippen LogP contribution in [0.2, 0.25) is 0 Å². The summed E-state index contributed by atoms with van der Waals surface area (Å²) < 4.78 is 0.184. The van der Waals surface area contributed by atoms with Crippen LogP contribution in [0.4, 0.5) is 0 Å². The van der Waals surface area contributed by atoms with Crippen LogP contribution in [-0.2, 0) is 5.75 Å². The van der Waals surface area contributed by atoms with E-state index >= 15 is 0 Å². The number of rotatable bonds is 4. The average Bonchev–Trinajstić information content (AvgIpc) is 2.15. The quantitative estimate of drug-likeness (QED) is 0.825. The molecule has 0 aliphatic rings. The Morgan fingerprint density at radius 3 is 2.64 bits per heavy atom. The molecule has 0 unspecified atom stereocenters. The Hall–Kier alpha value is -0.470. The van der Waals surface area contributed by atoms with Gasteiger partial charge in [0.1, 0.15) is 0 Å². The Labute approximate surface area is 91.1 Å². The lowest BCUT2D eigenvalue weighted by Gasteiger charge is -2.21. The molecule has 1 rings (SSSR count). The van der Waals surface area contributed by atoms with E-state index in [0.29, 0.717) is 0 Å². The van der Waals surface area contributed by atoms with Gasteiger partial charge in [-0.3, -0.25) is 0 Å².